The summed E-state index contributed by atoms with van der Waals surface area (Å²) in [4.78, 5) is 0. The standard InChI is InChI=1S/C10H9IOS/c1-6-4-7-2-3-13-10(7)8(5-12)9(6)11/h2-4,12H,5H2,1H3. The summed E-state index contributed by atoms with van der Waals surface area (Å²) in [5.41, 5.74) is 2.32. The van der Waals surface area contributed by atoms with Crippen LogP contribution in [0.3, 0.4) is 0 Å². The fourth-order valence-electron chi connectivity index (χ4n) is 1.45. The predicted molar refractivity (Wildman–Crippen MR) is 65.2 cm³/mol. The van der Waals surface area contributed by atoms with Crippen molar-refractivity contribution in [3.63, 3.8) is 0 Å². The zero-order valence-electron chi connectivity index (χ0n) is 7.17. The molecule has 0 unspecified atom stereocenters. The third-order valence-corrected chi connectivity index (χ3v) is 4.60. The van der Waals surface area contributed by atoms with Gasteiger partial charge < -0.3 is 5.11 Å². The van der Waals surface area contributed by atoms with Gasteiger partial charge in [0.15, 0.2) is 0 Å². The fraction of sp³-hybridized carbons (Fsp3) is 0.200. The predicted octanol–water partition coefficient (Wildman–Crippen LogP) is 3.31. The SMILES string of the molecule is Cc1cc2ccsc2c(CO)c1I. The number of aliphatic hydroxyl groups excluding tert-OH is 1. The first-order valence-electron chi connectivity index (χ1n) is 4.00. The van der Waals surface area contributed by atoms with E-state index in [2.05, 4.69) is 47.0 Å². The second-order valence-corrected chi connectivity index (χ2v) is 4.98. The van der Waals surface area contributed by atoms with Gasteiger partial charge in [0, 0.05) is 13.8 Å². The molecule has 0 aliphatic heterocycles. The Morgan fingerprint density at radius 3 is 3.00 bits per heavy atom. The zero-order valence-corrected chi connectivity index (χ0v) is 10.1. The van der Waals surface area contributed by atoms with Crippen molar-refractivity contribution >= 4 is 44.0 Å². The molecule has 1 heterocycles. The van der Waals surface area contributed by atoms with Crippen molar-refractivity contribution < 1.29 is 5.11 Å². The van der Waals surface area contributed by atoms with Gasteiger partial charge in [-0.3, -0.25) is 0 Å². The maximum atomic E-state index is 9.26. The molecule has 1 aromatic carbocycles. The summed E-state index contributed by atoms with van der Waals surface area (Å²) in [7, 11) is 0. The quantitative estimate of drug-likeness (QED) is 0.802. The number of hydrogen-bond acceptors (Lipinski definition) is 2. The lowest BCUT2D eigenvalue weighted by Gasteiger charge is -2.05. The van der Waals surface area contributed by atoms with E-state index in [4.69, 9.17) is 0 Å². The summed E-state index contributed by atoms with van der Waals surface area (Å²) < 4.78 is 2.41. The van der Waals surface area contributed by atoms with Crippen LogP contribution in [-0.2, 0) is 6.61 Å². The van der Waals surface area contributed by atoms with Gasteiger partial charge in [-0.2, -0.15) is 0 Å². The Kier molecular flexibility index (Phi) is 2.58. The van der Waals surface area contributed by atoms with Crippen LogP contribution in [0.5, 0.6) is 0 Å². The minimum Gasteiger partial charge on any atom is -0.392 e. The molecule has 1 aromatic heterocycles. The van der Waals surface area contributed by atoms with Crippen molar-refractivity contribution in [1.29, 1.82) is 0 Å². The van der Waals surface area contributed by atoms with Gasteiger partial charge >= 0.3 is 0 Å². The Balaban J connectivity index is 2.87. The molecule has 3 heteroatoms. The van der Waals surface area contributed by atoms with E-state index in [1.54, 1.807) is 11.3 Å². The molecule has 0 atom stereocenters. The highest BCUT2D eigenvalue weighted by molar-refractivity contribution is 14.1. The van der Waals surface area contributed by atoms with Crippen molar-refractivity contribution in [2.75, 3.05) is 0 Å². The maximum absolute atomic E-state index is 9.26. The Morgan fingerprint density at radius 1 is 1.54 bits per heavy atom. The number of rotatable bonds is 1. The fourth-order valence-corrected chi connectivity index (χ4v) is 3.16. The molecule has 0 amide bonds. The average molecular weight is 304 g/mol. The molecule has 0 saturated heterocycles. The molecule has 0 radical (unpaired) electrons. The van der Waals surface area contributed by atoms with Crippen molar-refractivity contribution in [3.8, 4) is 0 Å². The normalized spacial score (nSPS) is 11.0. The number of thiophene rings is 1. The molecular weight excluding hydrogens is 295 g/mol. The minimum absolute atomic E-state index is 0.136. The number of halogens is 1. The second kappa shape index (κ2) is 3.55. The lowest BCUT2D eigenvalue weighted by molar-refractivity contribution is 0.282. The molecule has 0 aliphatic rings. The van der Waals surface area contributed by atoms with Crippen molar-refractivity contribution in [3.05, 3.63) is 32.2 Å². The molecule has 0 aliphatic carbocycles. The highest BCUT2D eigenvalue weighted by atomic mass is 127. The van der Waals surface area contributed by atoms with Gasteiger partial charge in [-0.05, 0) is 58.0 Å². The van der Waals surface area contributed by atoms with Gasteiger partial charge in [-0.25, -0.2) is 0 Å². The van der Waals surface area contributed by atoms with Crippen LogP contribution in [0.15, 0.2) is 17.5 Å². The molecule has 1 N–H and O–H groups in total. The molecule has 0 fully saturated rings. The van der Waals surface area contributed by atoms with E-state index in [0.717, 1.165) is 5.56 Å². The van der Waals surface area contributed by atoms with E-state index in [9.17, 15) is 5.11 Å². The zero-order chi connectivity index (χ0) is 9.42. The van der Waals surface area contributed by atoms with E-state index in [-0.39, 0.29) is 6.61 Å². The molecule has 1 nitrogen and oxygen atoms in total. The number of hydrogen-bond donors (Lipinski definition) is 1. The molecule has 0 spiro atoms. The lowest BCUT2D eigenvalue weighted by Crippen LogP contribution is -1.91. The first-order chi connectivity index (χ1) is 6.24. The van der Waals surface area contributed by atoms with Crippen LogP contribution in [0.2, 0.25) is 0 Å². The van der Waals surface area contributed by atoms with Gasteiger partial charge in [0.1, 0.15) is 0 Å². The van der Waals surface area contributed by atoms with E-state index < -0.39 is 0 Å². The Hall–Kier alpha value is -0.130. The van der Waals surface area contributed by atoms with Crippen LogP contribution in [0.1, 0.15) is 11.1 Å². The molecular formula is C10H9IOS. The summed E-state index contributed by atoms with van der Waals surface area (Å²) >= 11 is 3.99. The summed E-state index contributed by atoms with van der Waals surface area (Å²) in [5, 5.41) is 12.6. The van der Waals surface area contributed by atoms with E-state index >= 15 is 0 Å². The molecule has 13 heavy (non-hydrogen) atoms. The Morgan fingerprint density at radius 2 is 2.31 bits per heavy atom. The molecule has 0 bridgehead atoms. The van der Waals surface area contributed by atoms with Crippen LogP contribution < -0.4 is 0 Å². The third kappa shape index (κ3) is 1.49. The number of aliphatic hydroxyl groups is 1. The molecule has 2 rings (SSSR count). The van der Waals surface area contributed by atoms with Crippen LogP contribution in [-0.4, -0.2) is 5.11 Å². The maximum Gasteiger partial charge on any atom is 0.0706 e. The van der Waals surface area contributed by atoms with Gasteiger partial charge in [0.05, 0.1) is 6.61 Å². The highest BCUT2D eigenvalue weighted by Gasteiger charge is 2.08. The van der Waals surface area contributed by atoms with Gasteiger partial charge in [0.25, 0.3) is 0 Å². The van der Waals surface area contributed by atoms with Crippen LogP contribution in [0, 0.1) is 10.5 Å². The summed E-state index contributed by atoms with van der Waals surface area (Å²) in [6.07, 6.45) is 0. The molecule has 68 valence electrons. The minimum atomic E-state index is 0.136. The second-order valence-electron chi connectivity index (χ2n) is 2.98. The first kappa shape index (κ1) is 9.43. The largest absolute Gasteiger partial charge is 0.392 e. The van der Waals surface area contributed by atoms with Crippen molar-refractivity contribution in [2.24, 2.45) is 0 Å². The smallest absolute Gasteiger partial charge is 0.0706 e. The Bertz CT molecular complexity index is 447. The van der Waals surface area contributed by atoms with E-state index in [1.807, 2.05) is 0 Å². The van der Waals surface area contributed by atoms with Gasteiger partial charge in [0.2, 0.25) is 0 Å². The highest BCUT2D eigenvalue weighted by Crippen LogP contribution is 2.30. The van der Waals surface area contributed by atoms with Gasteiger partial charge in [-0.15, -0.1) is 11.3 Å². The first-order valence-corrected chi connectivity index (χ1v) is 5.96. The summed E-state index contributed by atoms with van der Waals surface area (Å²) in [6.45, 7) is 2.22. The van der Waals surface area contributed by atoms with Crippen LogP contribution >= 0.6 is 33.9 Å². The van der Waals surface area contributed by atoms with E-state index in [0.29, 0.717) is 0 Å². The average Bonchev–Trinajstić information content (AvgIpc) is 2.54. The summed E-state index contributed by atoms with van der Waals surface area (Å²) in [5.74, 6) is 0. The number of fused-ring (bicyclic) bond motifs is 1. The number of aryl methyl sites for hydroxylation is 1. The Labute approximate surface area is 94.5 Å². The van der Waals surface area contributed by atoms with E-state index in [1.165, 1.54) is 19.2 Å². The summed E-state index contributed by atoms with van der Waals surface area (Å²) in [6, 6.07) is 4.27. The third-order valence-electron chi connectivity index (χ3n) is 2.11. The number of benzene rings is 1. The lowest BCUT2D eigenvalue weighted by atomic mass is 10.1. The van der Waals surface area contributed by atoms with Gasteiger partial charge in [-0.1, -0.05) is 0 Å². The molecule has 0 saturated carbocycles. The monoisotopic (exact) mass is 304 g/mol. The van der Waals surface area contributed by atoms with Crippen LogP contribution in [0.4, 0.5) is 0 Å². The van der Waals surface area contributed by atoms with Crippen LogP contribution in [0.25, 0.3) is 10.1 Å². The van der Waals surface area contributed by atoms with Crippen molar-refractivity contribution in [1.82, 2.24) is 0 Å². The van der Waals surface area contributed by atoms with Crippen molar-refractivity contribution in [2.45, 2.75) is 13.5 Å². The topological polar surface area (TPSA) is 20.2 Å². The molecule has 2 aromatic rings.